The van der Waals surface area contributed by atoms with Gasteiger partial charge in [-0.15, -0.1) is 0 Å². The summed E-state index contributed by atoms with van der Waals surface area (Å²) in [5.41, 5.74) is 0. The number of hydrogen-bond acceptors (Lipinski definition) is 5. The number of carbonyl (C=O) groups excluding carboxylic acids is 2. The summed E-state index contributed by atoms with van der Waals surface area (Å²) in [5.74, 6) is -0.401. The van der Waals surface area contributed by atoms with E-state index in [1.54, 1.807) is 0 Å². The van der Waals surface area contributed by atoms with Gasteiger partial charge in [0.05, 0.1) is 6.61 Å². The molecule has 56 heavy (non-hydrogen) atoms. The van der Waals surface area contributed by atoms with Gasteiger partial charge in [0.1, 0.15) is 6.61 Å². The average Bonchev–Trinajstić information content (AvgIpc) is 3.20. The highest BCUT2D eigenvalue weighted by Crippen LogP contribution is 2.16. The minimum absolute atomic E-state index is 0.0865. The fourth-order valence-corrected chi connectivity index (χ4v) is 7.25. The quantitative estimate of drug-likeness (QED) is 0.0349. The zero-order valence-electron chi connectivity index (χ0n) is 37.9. The van der Waals surface area contributed by atoms with Gasteiger partial charge in [0, 0.05) is 19.4 Å². The molecule has 0 amide bonds. The SMILES string of the molecule is CCCCC/C=C\C/C=C\CCCCCCCCOCC(COC(=O)CCCCCCCCCCCCCCCCCCCCC)OC(=O)CCCCCCC. The lowest BCUT2D eigenvalue weighted by Gasteiger charge is -2.18. The minimum atomic E-state index is -0.531. The van der Waals surface area contributed by atoms with E-state index in [2.05, 4.69) is 45.1 Å². The Morgan fingerprint density at radius 1 is 0.393 bits per heavy atom. The predicted octanol–water partition coefficient (Wildman–Crippen LogP) is 16.5. The molecule has 0 aromatic carbocycles. The van der Waals surface area contributed by atoms with Crippen LogP contribution in [0.1, 0.15) is 265 Å². The lowest BCUT2D eigenvalue weighted by molar-refractivity contribution is -0.163. The standard InChI is InChI=1S/C51H96O5/c1-4-7-10-13-15-17-19-21-23-25-26-27-28-30-32-34-36-39-41-44-50(52)55-48-49(56-51(53)45-42-38-12-9-6-3)47-54-46-43-40-37-35-33-31-29-24-22-20-18-16-14-11-8-5-2/h16,18,22,24,49H,4-15,17,19-21,23,25-48H2,1-3H3/b18-16-,24-22-. The molecule has 5 heteroatoms. The summed E-state index contributed by atoms with van der Waals surface area (Å²) in [5, 5.41) is 0. The molecule has 0 radical (unpaired) electrons. The van der Waals surface area contributed by atoms with Crippen molar-refractivity contribution in [2.24, 2.45) is 0 Å². The predicted molar refractivity (Wildman–Crippen MR) is 242 cm³/mol. The monoisotopic (exact) mass is 789 g/mol. The maximum atomic E-state index is 12.6. The lowest BCUT2D eigenvalue weighted by atomic mass is 10.0. The van der Waals surface area contributed by atoms with Crippen molar-refractivity contribution >= 4 is 11.9 Å². The topological polar surface area (TPSA) is 61.8 Å². The highest BCUT2D eigenvalue weighted by atomic mass is 16.6. The third-order valence-electron chi connectivity index (χ3n) is 11.0. The Balaban J connectivity index is 3.98. The molecule has 0 aliphatic carbocycles. The third kappa shape index (κ3) is 45.1. The fourth-order valence-electron chi connectivity index (χ4n) is 7.25. The van der Waals surface area contributed by atoms with Gasteiger partial charge in [-0.1, -0.05) is 225 Å². The van der Waals surface area contributed by atoms with Gasteiger partial charge in [0.2, 0.25) is 0 Å². The molecule has 1 unspecified atom stereocenters. The van der Waals surface area contributed by atoms with Gasteiger partial charge < -0.3 is 14.2 Å². The van der Waals surface area contributed by atoms with E-state index in [4.69, 9.17) is 14.2 Å². The summed E-state index contributed by atoms with van der Waals surface area (Å²) in [6.07, 6.45) is 55.0. The summed E-state index contributed by atoms with van der Waals surface area (Å²) >= 11 is 0. The summed E-state index contributed by atoms with van der Waals surface area (Å²) in [7, 11) is 0. The van der Waals surface area contributed by atoms with Gasteiger partial charge in [-0.05, 0) is 51.4 Å². The molecule has 0 aliphatic rings. The molecule has 0 aromatic heterocycles. The van der Waals surface area contributed by atoms with E-state index >= 15 is 0 Å². The second-order valence-electron chi connectivity index (χ2n) is 16.7. The summed E-state index contributed by atoms with van der Waals surface area (Å²) in [4.78, 5) is 25.1. The van der Waals surface area contributed by atoms with E-state index in [9.17, 15) is 9.59 Å². The molecule has 0 fully saturated rings. The van der Waals surface area contributed by atoms with Crippen LogP contribution in [0.15, 0.2) is 24.3 Å². The Morgan fingerprint density at radius 2 is 0.750 bits per heavy atom. The smallest absolute Gasteiger partial charge is 0.306 e. The molecule has 0 bridgehead atoms. The van der Waals surface area contributed by atoms with E-state index < -0.39 is 6.10 Å². The van der Waals surface area contributed by atoms with Crippen molar-refractivity contribution in [3.63, 3.8) is 0 Å². The molecule has 5 nitrogen and oxygen atoms in total. The average molecular weight is 789 g/mol. The summed E-state index contributed by atoms with van der Waals surface area (Å²) in [6.45, 7) is 7.75. The van der Waals surface area contributed by atoms with E-state index in [1.165, 1.54) is 180 Å². The second kappa shape index (κ2) is 47.8. The third-order valence-corrected chi connectivity index (χ3v) is 11.0. The zero-order valence-corrected chi connectivity index (χ0v) is 37.9. The van der Waals surface area contributed by atoms with Crippen molar-refractivity contribution < 1.29 is 23.8 Å². The van der Waals surface area contributed by atoms with Gasteiger partial charge in [-0.2, -0.15) is 0 Å². The van der Waals surface area contributed by atoms with Crippen LogP contribution in [-0.4, -0.2) is 37.9 Å². The largest absolute Gasteiger partial charge is 0.462 e. The molecule has 0 rings (SSSR count). The lowest BCUT2D eigenvalue weighted by Crippen LogP contribution is -2.30. The van der Waals surface area contributed by atoms with E-state index in [1.807, 2.05) is 0 Å². The van der Waals surface area contributed by atoms with Crippen molar-refractivity contribution in [2.45, 2.75) is 271 Å². The second-order valence-corrected chi connectivity index (χ2v) is 16.7. The maximum Gasteiger partial charge on any atom is 0.306 e. The van der Waals surface area contributed by atoms with Crippen LogP contribution in [0.5, 0.6) is 0 Å². The van der Waals surface area contributed by atoms with Crippen molar-refractivity contribution in [1.29, 1.82) is 0 Å². The van der Waals surface area contributed by atoms with E-state index in [0.29, 0.717) is 19.4 Å². The Morgan fingerprint density at radius 3 is 1.21 bits per heavy atom. The molecule has 0 heterocycles. The zero-order chi connectivity index (χ0) is 40.7. The van der Waals surface area contributed by atoms with Crippen LogP contribution in [0.2, 0.25) is 0 Å². The first kappa shape index (κ1) is 54.4. The Hall–Kier alpha value is -1.62. The van der Waals surface area contributed by atoms with Crippen molar-refractivity contribution in [3.8, 4) is 0 Å². The first-order valence-corrected chi connectivity index (χ1v) is 24.9. The highest BCUT2D eigenvalue weighted by Gasteiger charge is 2.17. The van der Waals surface area contributed by atoms with Crippen LogP contribution in [0.25, 0.3) is 0 Å². The summed E-state index contributed by atoms with van der Waals surface area (Å²) < 4.78 is 17.2. The van der Waals surface area contributed by atoms with Crippen molar-refractivity contribution in [3.05, 3.63) is 24.3 Å². The molecular formula is C51H96O5. The Kier molecular flexibility index (Phi) is 46.4. The van der Waals surface area contributed by atoms with Crippen LogP contribution in [0.4, 0.5) is 0 Å². The van der Waals surface area contributed by atoms with Crippen LogP contribution in [-0.2, 0) is 23.8 Å². The fraction of sp³-hybridized carbons (Fsp3) is 0.882. The minimum Gasteiger partial charge on any atom is -0.462 e. The normalized spacial score (nSPS) is 12.3. The molecule has 0 N–H and O–H groups in total. The highest BCUT2D eigenvalue weighted by molar-refractivity contribution is 5.70. The number of unbranched alkanes of at least 4 members (excludes halogenated alkanes) is 31. The molecule has 0 saturated carbocycles. The number of rotatable bonds is 46. The van der Waals surface area contributed by atoms with Crippen LogP contribution < -0.4 is 0 Å². The van der Waals surface area contributed by atoms with E-state index in [0.717, 1.165) is 51.4 Å². The van der Waals surface area contributed by atoms with Gasteiger partial charge in [-0.25, -0.2) is 0 Å². The van der Waals surface area contributed by atoms with Gasteiger partial charge >= 0.3 is 11.9 Å². The molecule has 0 aliphatic heterocycles. The van der Waals surface area contributed by atoms with Crippen LogP contribution in [0.3, 0.4) is 0 Å². The maximum absolute atomic E-state index is 12.6. The first-order valence-electron chi connectivity index (χ1n) is 24.9. The number of hydrogen-bond donors (Lipinski definition) is 0. The molecular weight excluding hydrogens is 693 g/mol. The molecule has 0 aromatic rings. The van der Waals surface area contributed by atoms with Crippen LogP contribution >= 0.6 is 0 Å². The number of carbonyl (C=O) groups is 2. The van der Waals surface area contributed by atoms with Crippen molar-refractivity contribution in [1.82, 2.24) is 0 Å². The Labute approximate surface area is 349 Å². The number of allylic oxidation sites excluding steroid dienone is 4. The number of esters is 2. The number of ether oxygens (including phenoxy) is 3. The first-order chi connectivity index (χ1) is 27.6. The molecule has 330 valence electrons. The van der Waals surface area contributed by atoms with E-state index in [-0.39, 0.29) is 25.2 Å². The van der Waals surface area contributed by atoms with Gasteiger partial charge in [0.25, 0.3) is 0 Å². The van der Waals surface area contributed by atoms with Gasteiger partial charge in [-0.3, -0.25) is 9.59 Å². The molecule has 0 spiro atoms. The molecule has 1 atom stereocenters. The van der Waals surface area contributed by atoms with Crippen molar-refractivity contribution in [2.75, 3.05) is 19.8 Å². The summed E-state index contributed by atoms with van der Waals surface area (Å²) in [6, 6.07) is 0. The Bertz CT molecular complexity index is 851. The molecule has 0 saturated heterocycles. The van der Waals surface area contributed by atoms with Gasteiger partial charge in [0.15, 0.2) is 6.10 Å². The van der Waals surface area contributed by atoms with Crippen LogP contribution in [0, 0.1) is 0 Å².